The second kappa shape index (κ2) is 3.62. The summed E-state index contributed by atoms with van der Waals surface area (Å²) in [5.41, 5.74) is 0. The van der Waals surface area contributed by atoms with Gasteiger partial charge in [-0.05, 0) is 19.8 Å². The van der Waals surface area contributed by atoms with Crippen LogP contribution in [-0.2, 0) is 9.47 Å². The maximum atomic E-state index is 5.31. The van der Waals surface area contributed by atoms with Crippen molar-refractivity contribution in [2.75, 3.05) is 6.61 Å². The van der Waals surface area contributed by atoms with Crippen LogP contribution in [0.4, 0.5) is 0 Å². The van der Waals surface area contributed by atoms with Crippen LogP contribution in [0.1, 0.15) is 26.2 Å². The number of hydrogen-bond donors (Lipinski definition) is 0. The van der Waals surface area contributed by atoms with Gasteiger partial charge in [0.1, 0.15) is 0 Å². The van der Waals surface area contributed by atoms with Crippen LogP contribution in [0.3, 0.4) is 0 Å². The minimum atomic E-state index is -0.0220. The average molecular weight is 142 g/mol. The molecule has 0 amide bonds. The summed E-state index contributed by atoms with van der Waals surface area (Å²) in [6.07, 6.45) is 3.35. The molecule has 1 rings (SSSR count). The smallest absolute Gasteiger partial charge is 0.199 e. The normalized spacial score (nSPS) is 25.9. The Morgan fingerprint density at radius 2 is 2.40 bits per heavy atom. The summed E-state index contributed by atoms with van der Waals surface area (Å²) < 4.78 is 10.6. The topological polar surface area (TPSA) is 18.5 Å². The van der Waals surface area contributed by atoms with Gasteiger partial charge in [-0.3, -0.25) is 0 Å². The Morgan fingerprint density at radius 3 is 2.90 bits per heavy atom. The predicted molar refractivity (Wildman–Crippen MR) is 39.5 cm³/mol. The molecule has 58 valence electrons. The van der Waals surface area contributed by atoms with Crippen molar-refractivity contribution in [2.45, 2.75) is 32.5 Å². The standard InChI is InChI=1S/C8H14O2/c1-7(2)10-8-5-3-4-6-9-8/h8H,1,3-6H2,2H3. The number of allylic oxidation sites excluding steroid dienone is 1. The van der Waals surface area contributed by atoms with E-state index in [1.54, 1.807) is 0 Å². The van der Waals surface area contributed by atoms with Gasteiger partial charge in [-0.25, -0.2) is 0 Å². The summed E-state index contributed by atoms with van der Waals surface area (Å²) in [6, 6.07) is 0. The van der Waals surface area contributed by atoms with Crippen molar-refractivity contribution in [1.29, 1.82) is 0 Å². The Hall–Kier alpha value is -0.500. The van der Waals surface area contributed by atoms with Crippen molar-refractivity contribution in [3.63, 3.8) is 0 Å². The Labute approximate surface area is 61.8 Å². The lowest BCUT2D eigenvalue weighted by atomic mass is 10.2. The molecule has 0 aromatic heterocycles. The highest BCUT2D eigenvalue weighted by atomic mass is 16.7. The molecule has 0 aliphatic carbocycles. The molecule has 10 heavy (non-hydrogen) atoms. The molecule has 1 atom stereocenters. The van der Waals surface area contributed by atoms with Crippen LogP contribution in [-0.4, -0.2) is 12.9 Å². The Balaban J connectivity index is 2.19. The second-order valence-electron chi connectivity index (χ2n) is 2.62. The second-order valence-corrected chi connectivity index (χ2v) is 2.62. The summed E-state index contributed by atoms with van der Waals surface area (Å²) in [5, 5.41) is 0. The van der Waals surface area contributed by atoms with Crippen LogP contribution in [0.5, 0.6) is 0 Å². The van der Waals surface area contributed by atoms with E-state index in [2.05, 4.69) is 6.58 Å². The lowest BCUT2D eigenvalue weighted by Gasteiger charge is -2.23. The van der Waals surface area contributed by atoms with Crippen LogP contribution >= 0.6 is 0 Å². The highest BCUT2D eigenvalue weighted by Crippen LogP contribution is 2.15. The maximum absolute atomic E-state index is 5.31. The molecule has 1 saturated heterocycles. The van der Waals surface area contributed by atoms with Crippen LogP contribution in [0, 0.1) is 0 Å². The van der Waals surface area contributed by atoms with E-state index in [4.69, 9.17) is 9.47 Å². The largest absolute Gasteiger partial charge is 0.470 e. The zero-order valence-electron chi connectivity index (χ0n) is 6.43. The molecule has 0 saturated carbocycles. The molecule has 1 aliphatic rings. The third-order valence-electron chi connectivity index (χ3n) is 1.47. The first kappa shape index (κ1) is 7.61. The first-order valence-corrected chi connectivity index (χ1v) is 3.73. The zero-order valence-corrected chi connectivity index (χ0v) is 6.43. The SMILES string of the molecule is C=C(C)OC1CCCCO1. The van der Waals surface area contributed by atoms with Gasteiger partial charge in [0.25, 0.3) is 0 Å². The van der Waals surface area contributed by atoms with Gasteiger partial charge >= 0.3 is 0 Å². The van der Waals surface area contributed by atoms with Crippen LogP contribution in [0.25, 0.3) is 0 Å². The molecule has 1 aliphatic heterocycles. The van der Waals surface area contributed by atoms with E-state index in [0.29, 0.717) is 0 Å². The Morgan fingerprint density at radius 1 is 1.60 bits per heavy atom. The monoisotopic (exact) mass is 142 g/mol. The van der Waals surface area contributed by atoms with E-state index in [-0.39, 0.29) is 6.29 Å². The summed E-state index contributed by atoms with van der Waals surface area (Å²) in [4.78, 5) is 0. The van der Waals surface area contributed by atoms with Gasteiger partial charge in [0.2, 0.25) is 0 Å². The van der Waals surface area contributed by atoms with Gasteiger partial charge in [-0.2, -0.15) is 0 Å². The van der Waals surface area contributed by atoms with Crippen molar-refractivity contribution in [3.05, 3.63) is 12.3 Å². The molecule has 0 aromatic carbocycles. The van der Waals surface area contributed by atoms with Crippen LogP contribution in [0.2, 0.25) is 0 Å². The first-order valence-electron chi connectivity index (χ1n) is 3.73. The molecule has 1 fully saturated rings. The van der Waals surface area contributed by atoms with Gasteiger partial charge in [-0.15, -0.1) is 0 Å². The molecule has 2 nitrogen and oxygen atoms in total. The van der Waals surface area contributed by atoms with Gasteiger partial charge < -0.3 is 9.47 Å². The van der Waals surface area contributed by atoms with Gasteiger partial charge in [0.05, 0.1) is 12.4 Å². The summed E-state index contributed by atoms with van der Waals surface area (Å²) in [6.45, 7) is 6.32. The van der Waals surface area contributed by atoms with E-state index in [0.717, 1.165) is 25.2 Å². The fraction of sp³-hybridized carbons (Fsp3) is 0.750. The zero-order chi connectivity index (χ0) is 7.40. The Bertz CT molecular complexity index is 114. The number of hydrogen-bond acceptors (Lipinski definition) is 2. The van der Waals surface area contributed by atoms with Crippen LogP contribution in [0.15, 0.2) is 12.3 Å². The van der Waals surface area contributed by atoms with E-state index in [9.17, 15) is 0 Å². The molecule has 0 N–H and O–H groups in total. The number of ether oxygens (including phenoxy) is 2. The average Bonchev–Trinajstić information content (AvgIpc) is 1.88. The molecule has 0 aromatic rings. The summed E-state index contributed by atoms with van der Waals surface area (Å²) in [7, 11) is 0. The highest BCUT2D eigenvalue weighted by Gasteiger charge is 2.13. The molecular formula is C8H14O2. The van der Waals surface area contributed by atoms with Crippen LogP contribution < -0.4 is 0 Å². The fourth-order valence-electron chi connectivity index (χ4n) is 1.03. The fourth-order valence-corrected chi connectivity index (χ4v) is 1.03. The van der Waals surface area contributed by atoms with E-state index >= 15 is 0 Å². The summed E-state index contributed by atoms with van der Waals surface area (Å²) >= 11 is 0. The lowest BCUT2D eigenvalue weighted by Crippen LogP contribution is -2.21. The molecular weight excluding hydrogens is 128 g/mol. The molecule has 2 heteroatoms. The Kier molecular flexibility index (Phi) is 2.75. The summed E-state index contributed by atoms with van der Waals surface area (Å²) in [5.74, 6) is 0.743. The van der Waals surface area contributed by atoms with Gasteiger partial charge in [0, 0.05) is 6.42 Å². The highest BCUT2D eigenvalue weighted by molar-refractivity contribution is 4.75. The quantitative estimate of drug-likeness (QED) is 0.549. The molecule has 1 heterocycles. The van der Waals surface area contributed by atoms with Crippen molar-refractivity contribution < 1.29 is 9.47 Å². The van der Waals surface area contributed by atoms with E-state index in [1.165, 1.54) is 6.42 Å². The van der Waals surface area contributed by atoms with E-state index in [1.807, 2.05) is 6.92 Å². The molecule has 0 bridgehead atoms. The lowest BCUT2D eigenvalue weighted by molar-refractivity contribution is -0.137. The predicted octanol–water partition coefficient (Wildman–Crippen LogP) is 2.06. The molecule has 0 radical (unpaired) electrons. The molecule has 0 spiro atoms. The van der Waals surface area contributed by atoms with E-state index < -0.39 is 0 Å². The van der Waals surface area contributed by atoms with Crippen molar-refractivity contribution in [3.8, 4) is 0 Å². The third-order valence-corrected chi connectivity index (χ3v) is 1.47. The maximum Gasteiger partial charge on any atom is 0.199 e. The minimum Gasteiger partial charge on any atom is -0.470 e. The van der Waals surface area contributed by atoms with Gasteiger partial charge in [-0.1, -0.05) is 6.58 Å². The van der Waals surface area contributed by atoms with Gasteiger partial charge in [0.15, 0.2) is 6.29 Å². The third kappa shape index (κ3) is 2.40. The minimum absolute atomic E-state index is 0.0220. The van der Waals surface area contributed by atoms with Crippen molar-refractivity contribution in [2.24, 2.45) is 0 Å². The van der Waals surface area contributed by atoms with Crippen molar-refractivity contribution >= 4 is 0 Å². The van der Waals surface area contributed by atoms with Crippen molar-refractivity contribution in [1.82, 2.24) is 0 Å². The molecule has 1 unspecified atom stereocenters. The first-order chi connectivity index (χ1) is 4.79. The number of rotatable bonds is 2.